The number of alkyl halides is 3. The highest BCUT2D eigenvalue weighted by atomic mass is 19.4. The summed E-state index contributed by atoms with van der Waals surface area (Å²) in [7, 11) is 1.51. The van der Waals surface area contributed by atoms with Crippen molar-refractivity contribution in [2.75, 3.05) is 13.7 Å². The molecule has 0 unspecified atom stereocenters. The second-order valence-electron chi connectivity index (χ2n) is 4.94. The number of rotatable bonds is 6. The zero-order valence-corrected chi connectivity index (χ0v) is 12.9. The average Bonchev–Trinajstić information content (AvgIpc) is 2.58. The summed E-state index contributed by atoms with van der Waals surface area (Å²) in [6, 6.07) is 11.5. The number of hydrogen-bond acceptors (Lipinski definition) is 3. The van der Waals surface area contributed by atoms with Crippen molar-refractivity contribution in [3.05, 3.63) is 59.7 Å². The van der Waals surface area contributed by atoms with E-state index in [2.05, 4.69) is 5.32 Å². The molecule has 0 atom stereocenters. The second kappa shape index (κ2) is 7.72. The maximum atomic E-state index is 12.6. The predicted octanol–water partition coefficient (Wildman–Crippen LogP) is 3.41. The number of hydrogen-bond donors (Lipinski definition) is 1. The summed E-state index contributed by atoms with van der Waals surface area (Å²) in [5.74, 6) is 0.621. The Labute approximate surface area is 137 Å². The Morgan fingerprint density at radius 2 is 1.79 bits per heavy atom. The summed E-state index contributed by atoms with van der Waals surface area (Å²) in [5, 5.41) is 2.51. The summed E-state index contributed by atoms with van der Waals surface area (Å²) < 4.78 is 48.2. The fourth-order valence-electron chi connectivity index (χ4n) is 1.95. The lowest BCUT2D eigenvalue weighted by Crippen LogP contribution is -2.28. The zero-order valence-electron chi connectivity index (χ0n) is 12.9. The Hall–Kier alpha value is -2.70. The third-order valence-corrected chi connectivity index (χ3v) is 3.16. The fourth-order valence-corrected chi connectivity index (χ4v) is 1.95. The van der Waals surface area contributed by atoms with E-state index in [1.807, 2.05) is 0 Å². The summed E-state index contributed by atoms with van der Waals surface area (Å²) in [5.41, 5.74) is -0.388. The van der Waals surface area contributed by atoms with E-state index in [9.17, 15) is 18.0 Å². The molecule has 0 bridgehead atoms. The van der Waals surface area contributed by atoms with Gasteiger partial charge >= 0.3 is 6.18 Å². The molecular weight excluding hydrogens is 323 g/mol. The lowest BCUT2D eigenvalue weighted by Gasteiger charge is -2.10. The SMILES string of the molecule is COc1cccc(OCC(=O)NCc2cccc(C(F)(F)F)c2)c1. The molecule has 0 fully saturated rings. The molecule has 2 aromatic carbocycles. The van der Waals surface area contributed by atoms with Gasteiger partial charge in [-0.3, -0.25) is 4.79 Å². The van der Waals surface area contributed by atoms with Crippen molar-refractivity contribution in [3.63, 3.8) is 0 Å². The molecule has 0 saturated carbocycles. The molecule has 0 aromatic heterocycles. The van der Waals surface area contributed by atoms with Crippen molar-refractivity contribution < 1.29 is 27.4 Å². The first kappa shape index (κ1) is 17.7. The first-order valence-electron chi connectivity index (χ1n) is 7.08. The van der Waals surface area contributed by atoms with Crippen LogP contribution in [-0.4, -0.2) is 19.6 Å². The normalized spacial score (nSPS) is 11.0. The van der Waals surface area contributed by atoms with Gasteiger partial charge in [-0.05, 0) is 29.8 Å². The van der Waals surface area contributed by atoms with E-state index >= 15 is 0 Å². The minimum Gasteiger partial charge on any atom is -0.497 e. The highest BCUT2D eigenvalue weighted by molar-refractivity contribution is 5.77. The zero-order chi connectivity index (χ0) is 17.6. The van der Waals surface area contributed by atoms with Gasteiger partial charge in [-0.25, -0.2) is 0 Å². The van der Waals surface area contributed by atoms with E-state index in [0.29, 0.717) is 17.1 Å². The Kier molecular flexibility index (Phi) is 5.68. The molecule has 7 heteroatoms. The van der Waals surface area contributed by atoms with Gasteiger partial charge in [0.2, 0.25) is 0 Å². The van der Waals surface area contributed by atoms with Gasteiger partial charge in [0.1, 0.15) is 11.5 Å². The largest absolute Gasteiger partial charge is 0.497 e. The Balaban J connectivity index is 1.85. The van der Waals surface area contributed by atoms with Crippen LogP contribution in [-0.2, 0) is 17.5 Å². The Morgan fingerprint density at radius 1 is 1.08 bits per heavy atom. The maximum Gasteiger partial charge on any atom is 0.416 e. The van der Waals surface area contributed by atoms with Crippen LogP contribution in [0, 0.1) is 0 Å². The molecule has 4 nitrogen and oxygen atoms in total. The van der Waals surface area contributed by atoms with E-state index in [-0.39, 0.29) is 13.2 Å². The minimum absolute atomic E-state index is 0.00970. The van der Waals surface area contributed by atoms with Crippen LogP contribution in [0.1, 0.15) is 11.1 Å². The quantitative estimate of drug-likeness (QED) is 0.877. The molecule has 0 aliphatic carbocycles. The van der Waals surface area contributed by atoms with Gasteiger partial charge in [-0.1, -0.05) is 18.2 Å². The van der Waals surface area contributed by atoms with Crippen LogP contribution in [0.15, 0.2) is 48.5 Å². The van der Waals surface area contributed by atoms with Gasteiger partial charge in [0, 0.05) is 12.6 Å². The van der Waals surface area contributed by atoms with Crippen LogP contribution in [0.3, 0.4) is 0 Å². The summed E-state index contributed by atoms with van der Waals surface area (Å²) in [6.07, 6.45) is -4.41. The topological polar surface area (TPSA) is 47.6 Å². The number of carbonyl (C=O) groups excluding carboxylic acids is 1. The predicted molar refractivity (Wildman–Crippen MR) is 81.8 cm³/mol. The van der Waals surface area contributed by atoms with Gasteiger partial charge < -0.3 is 14.8 Å². The summed E-state index contributed by atoms with van der Waals surface area (Å²) in [6.45, 7) is -0.254. The number of carbonyl (C=O) groups is 1. The van der Waals surface area contributed by atoms with E-state index in [1.165, 1.54) is 19.2 Å². The van der Waals surface area contributed by atoms with Crippen molar-refractivity contribution in [3.8, 4) is 11.5 Å². The van der Waals surface area contributed by atoms with Crippen molar-refractivity contribution >= 4 is 5.91 Å². The molecule has 128 valence electrons. The lowest BCUT2D eigenvalue weighted by atomic mass is 10.1. The highest BCUT2D eigenvalue weighted by Gasteiger charge is 2.30. The molecule has 0 radical (unpaired) electrons. The monoisotopic (exact) mass is 339 g/mol. The second-order valence-corrected chi connectivity index (χ2v) is 4.94. The van der Waals surface area contributed by atoms with Crippen LogP contribution in [0.5, 0.6) is 11.5 Å². The standard InChI is InChI=1S/C17H16F3NO3/c1-23-14-6-3-7-15(9-14)24-11-16(22)21-10-12-4-2-5-13(8-12)17(18,19)20/h2-9H,10-11H2,1H3,(H,21,22). The molecule has 2 rings (SSSR count). The number of amides is 1. The highest BCUT2D eigenvalue weighted by Crippen LogP contribution is 2.29. The Morgan fingerprint density at radius 3 is 2.50 bits per heavy atom. The third kappa shape index (κ3) is 5.19. The van der Waals surface area contributed by atoms with Crippen LogP contribution >= 0.6 is 0 Å². The molecule has 0 saturated heterocycles. The molecule has 0 heterocycles. The Bertz CT molecular complexity index is 701. The van der Waals surface area contributed by atoms with Crippen LogP contribution in [0.2, 0.25) is 0 Å². The maximum absolute atomic E-state index is 12.6. The van der Waals surface area contributed by atoms with Crippen molar-refractivity contribution in [2.45, 2.75) is 12.7 Å². The van der Waals surface area contributed by atoms with Crippen molar-refractivity contribution in [1.82, 2.24) is 5.32 Å². The number of benzene rings is 2. The van der Waals surface area contributed by atoms with Crippen LogP contribution < -0.4 is 14.8 Å². The molecule has 0 spiro atoms. The van der Waals surface area contributed by atoms with Gasteiger partial charge in [0.05, 0.1) is 12.7 Å². The number of methoxy groups -OCH3 is 1. The van der Waals surface area contributed by atoms with Crippen molar-refractivity contribution in [1.29, 1.82) is 0 Å². The van der Waals surface area contributed by atoms with E-state index in [4.69, 9.17) is 9.47 Å². The number of ether oxygens (including phenoxy) is 2. The van der Waals surface area contributed by atoms with Gasteiger partial charge in [0.15, 0.2) is 6.61 Å². The van der Waals surface area contributed by atoms with Crippen LogP contribution in [0.25, 0.3) is 0 Å². The first-order valence-corrected chi connectivity index (χ1v) is 7.08. The molecule has 2 aromatic rings. The molecule has 0 aliphatic rings. The van der Waals surface area contributed by atoms with Gasteiger partial charge in [-0.2, -0.15) is 13.2 Å². The van der Waals surface area contributed by atoms with E-state index in [0.717, 1.165) is 12.1 Å². The molecular formula is C17H16F3NO3. The van der Waals surface area contributed by atoms with Gasteiger partial charge in [-0.15, -0.1) is 0 Å². The lowest BCUT2D eigenvalue weighted by molar-refractivity contribution is -0.137. The molecule has 24 heavy (non-hydrogen) atoms. The summed E-state index contributed by atoms with van der Waals surface area (Å²) >= 11 is 0. The third-order valence-electron chi connectivity index (χ3n) is 3.16. The smallest absolute Gasteiger partial charge is 0.416 e. The summed E-state index contributed by atoms with van der Waals surface area (Å²) in [4.78, 5) is 11.7. The molecule has 0 aliphatic heterocycles. The first-order chi connectivity index (χ1) is 11.4. The average molecular weight is 339 g/mol. The molecule has 1 amide bonds. The number of halogens is 3. The van der Waals surface area contributed by atoms with Crippen molar-refractivity contribution in [2.24, 2.45) is 0 Å². The fraction of sp³-hybridized carbons (Fsp3) is 0.235. The minimum atomic E-state index is -4.41. The van der Waals surface area contributed by atoms with Crippen LogP contribution in [0.4, 0.5) is 13.2 Å². The number of nitrogens with one attached hydrogen (secondary N) is 1. The van der Waals surface area contributed by atoms with E-state index in [1.54, 1.807) is 24.3 Å². The van der Waals surface area contributed by atoms with Gasteiger partial charge in [0.25, 0.3) is 5.91 Å². The molecule has 1 N–H and O–H groups in total. The van der Waals surface area contributed by atoms with E-state index < -0.39 is 17.6 Å².